The molecule has 25 heavy (non-hydrogen) atoms. The number of morpholine rings is 1. The first-order chi connectivity index (χ1) is 12.3. The molecule has 0 spiro atoms. The van der Waals surface area contributed by atoms with Crippen LogP contribution in [0.1, 0.15) is 11.1 Å². The number of rotatable bonds is 4. The number of nitrogens with zero attached hydrogens (tertiary/aromatic N) is 2. The van der Waals surface area contributed by atoms with Crippen molar-refractivity contribution in [2.24, 2.45) is 0 Å². The molecule has 1 aliphatic rings. The Hall–Kier alpha value is -2.57. The summed E-state index contributed by atoms with van der Waals surface area (Å²) in [4.78, 5) is 4.41. The number of aromatic nitrogens is 2. The molecule has 0 aliphatic carbocycles. The lowest BCUT2D eigenvalue weighted by molar-refractivity contribution is -0.0417. The summed E-state index contributed by atoms with van der Waals surface area (Å²) >= 11 is 0. The van der Waals surface area contributed by atoms with Crippen LogP contribution in [0.2, 0.25) is 0 Å². The second kappa shape index (κ2) is 6.38. The lowest BCUT2D eigenvalue weighted by Crippen LogP contribution is -2.48. The van der Waals surface area contributed by atoms with Crippen LogP contribution >= 0.6 is 0 Å². The van der Waals surface area contributed by atoms with E-state index in [1.54, 1.807) is 20.4 Å². The van der Waals surface area contributed by atoms with Gasteiger partial charge in [-0.1, -0.05) is 12.1 Å². The zero-order valence-corrected chi connectivity index (χ0v) is 14.4. The number of benzene rings is 1. The Labute approximate surface area is 146 Å². The van der Waals surface area contributed by atoms with E-state index in [1.165, 1.54) is 0 Å². The van der Waals surface area contributed by atoms with E-state index in [9.17, 15) is 0 Å². The molecular weight excluding hydrogens is 318 g/mol. The quantitative estimate of drug-likeness (QED) is 0.790. The maximum atomic E-state index is 6.37. The maximum absolute atomic E-state index is 6.37. The van der Waals surface area contributed by atoms with Gasteiger partial charge >= 0.3 is 0 Å². The highest BCUT2D eigenvalue weighted by molar-refractivity contribution is 5.55. The van der Waals surface area contributed by atoms with Gasteiger partial charge in [0.1, 0.15) is 11.2 Å². The van der Waals surface area contributed by atoms with Crippen molar-refractivity contribution < 1.29 is 14.2 Å². The Morgan fingerprint density at radius 3 is 2.88 bits per heavy atom. The summed E-state index contributed by atoms with van der Waals surface area (Å²) in [5, 5.41) is 3.45. The van der Waals surface area contributed by atoms with Gasteiger partial charge < -0.3 is 23.9 Å². The van der Waals surface area contributed by atoms with Crippen LogP contribution in [0.15, 0.2) is 48.9 Å². The third-order valence-electron chi connectivity index (χ3n) is 4.70. The molecule has 1 aliphatic heterocycles. The number of ether oxygens (including phenoxy) is 3. The molecule has 3 aromatic rings. The van der Waals surface area contributed by atoms with Crippen molar-refractivity contribution in [2.45, 2.75) is 5.60 Å². The third kappa shape index (κ3) is 2.54. The van der Waals surface area contributed by atoms with Gasteiger partial charge in [0.15, 0.2) is 11.5 Å². The van der Waals surface area contributed by atoms with Crippen molar-refractivity contribution in [3.63, 3.8) is 0 Å². The molecule has 1 aromatic carbocycles. The van der Waals surface area contributed by atoms with Gasteiger partial charge in [-0.3, -0.25) is 0 Å². The predicted octanol–water partition coefficient (Wildman–Crippen LogP) is 2.21. The van der Waals surface area contributed by atoms with Gasteiger partial charge in [-0.15, -0.1) is 0 Å². The van der Waals surface area contributed by atoms with E-state index >= 15 is 0 Å². The molecule has 2 aromatic heterocycles. The minimum absolute atomic E-state index is 0.611. The van der Waals surface area contributed by atoms with E-state index in [1.807, 2.05) is 35.0 Å². The van der Waals surface area contributed by atoms with Gasteiger partial charge in [-0.05, 0) is 23.8 Å². The number of fused-ring (bicyclic) bond motifs is 1. The van der Waals surface area contributed by atoms with Gasteiger partial charge in [0.2, 0.25) is 0 Å². The molecule has 0 bridgehead atoms. The average molecular weight is 339 g/mol. The van der Waals surface area contributed by atoms with Crippen LogP contribution in [0.25, 0.3) is 5.65 Å². The van der Waals surface area contributed by atoms with Gasteiger partial charge in [0.05, 0.1) is 20.8 Å². The number of methoxy groups -OCH3 is 2. The van der Waals surface area contributed by atoms with Gasteiger partial charge in [-0.25, -0.2) is 4.98 Å². The van der Waals surface area contributed by atoms with Crippen LogP contribution in [0.5, 0.6) is 11.5 Å². The van der Waals surface area contributed by atoms with Crippen molar-refractivity contribution in [2.75, 3.05) is 33.9 Å². The van der Waals surface area contributed by atoms with Crippen molar-refractivity contribution >= 4 is 5.65 Å². The summed E-state index contributed by atoms with van der Waals surface area (Å²) < 4.78 is 19.5. The number of nitrogens with one attached hydrogen (secondary N) is 1. The van der Waals surface area contributed by atoms with E-state index < -0.39 is 5.60 Å². The summed E-state index contributed by atoms with van der Waals surface area (Å²) in [6.45, 7) is 2.08. The molecule has 0 radical (unpaired) electrons. The van der Waals surface area contributed by atoms with E-state index in [0.717, 1.165) is 23.3 Å². The first-order valence-corrected chi connectivity index (χ1v) is 8.28. The second-order valence-corrected chi connectivity index (χ2v) is 6.00. The number of imidazole rings is 1. The number of hydrogen-bond acceptors (Lipinski definition) is 5. The number of para-hydroxylation sites is 1. The summed E-state index contributed by atoms with van der Waals surface area (Å²) in [5.41, 5.74) is 2.20. The van der Waals surface area contributed by atoms with E-state index in [0.29, 0.717) is 24.7 Å². The van der Waals surface area contributed by atoms with E-state index in [4.69, 9.17) is 14.2 Å². The van der Waals surface area contributed by atoms with Crippen LogP contribution in [-0.4, -0.2) is 43.3 Å². The molecule has 3 heterocycles. The predicted molar refractivity (Wildman–Crippen MR) is 94.3 cm³/mol. The van der Waals surface area contributed by atoms with Gasteiger partial charge in [0, 0.05) is 37.2 Å². The second-order valence-electron chi connectivity index (χ2n) is 6.00. The standard InChI is InChI=1S/C19H21N3O3/c1-23-16-5-3-4-15(18(16)24-2)19(13-20-8-11-25-19)14-6-9-22-10-7-21-17(22)12-14/h3-7,9-10,12,20H,8,11,13H2,1-2H3. The Bertz CT molecular complexity index is 885. The van der Waals surface area contributed by atoms with Crippen molar-refractivity contribution in [1.29, 1.82) is 0 Å². The van der Waals surface area contributed by atoms with Crippen molar-refractivity contribution in [3.05, 3.63) is 60.0 Å². The van der Waals surface area contributed by atoms with Crippen LogP contribution in [0.4, 0.5) is 0 Å². The SMILES string of the molecule is COc1cccc(C2(c3ccn4ccnc4c3)CNCCO2)c1OC. The van der Waals surface area contributed by atoms with Crippen LogP contribution in [0, 0.1) is 0 Å². The molecule has 6 nitrogen and oxygen atoms in total. The first kappa shape index (κ1) is 15.9. The summed E-state index contributed by atoms with van der Waals surface area (Å²) in [6.07, 6.45) is 5.72. The minimum Gasteiger partial charge on any atom is -0.493 e. The largest absolute Gasteiger partial charge is 0.493 e. The molecule has 6 heteroatoms. The van der Waals surface area contributed by atoms with Crippen LogP contribution in [-0.2, 0) is 10.3 Å². The molecular formula is C19H21N3O3. The highest BCUT2D eigenvalue weighted by atomic mass is 16.5. The lowest BCUT2D eigenvalue weighted by atomic mass is 9.84. The van der Waals surface area contributed by atoms with Crippen molar-refractivity contribution in [1.82, 2.24) is 14.7 Å². The smallest absolute Gasteiger partial charge is 0.167 e. The fourth-order valence-corrected chi connectivity index (χ4v) is 3.49. The summed E-state index contributed by atoms with van der Waals surface area (Å²) in [5.74, 6) is 1.38. The maximum Gasteiger partial charge on any atom is 0.167 e. The highest BCUT2D eigenvalue weighted by Gasteiger charge is 2.40. The molecule has 0 amide bonds. The lowest BCUT2D eigenvalue weighted by Gasteiger charge is -2.39. The third-order valence-corrected chi connectivity index (χ3v) is 4.70. The highest BCUT2D eigenvalue weighted by Crippen LogP contribution is 2.43. The normalized spacial score (nSPS) is 20.6. The summed E-state index contributed by atoms with van der Waals surface area (Å²) in [7, 11) is 3.30. The zero-order valence-electron chi connectivity index (χ0n) is 14.4. The van der Waals surface area contributed by atoms with E-state index in [-0.39, 0.29) is 0 Å². The monoisotopic (exact) mass is 339 g/mol. The van der Waals surface area contributed by atoms with E-state index in [2.05, 4.69) is 22.4 Å². The molecule has 0 saturated carbocycles. The average Bonchev–Trinajstić information content (AvgIpc) is 3.15. The molecule has 1 atom stereocenters. The summed E-state index contributed by atoms with van der Waals surface area (Å²) in [6, 6.07) is 10.0. The minimum atomic E-state index is -0.661. The Balaban J connectivity index is 1.94. The van der Waals surface area contributed by atoms with Crippen LogP contribution in [0.3, 0.4) is 0 Å². The van der Waals surface area contributed by atoms with Gasteiger partial charge in [0.25, 0.3) is 0 Å². The first-order valence-electron chi connectivity index (χ1n) is 8.28. The topological polar surface area (TPSA) is 57.0 Å². The van der Waals surface area contributed by atoms with Crippen LogP contribution < -0.4 is 14.8 Å². The molecule has 130 valence electrons. The Morgan fingerprint density at radius 2 is 2.12 bits per heavy atom. The molecule has 1 N–H and O–H groups in total. The zero-order chi connectivity index (χ0) is 17.3. The number of pyridine rings is 1. The molecule has 1 saturated heterocycles. The molecule has 4 rings (SSSR count). The Kier molecular flexibility index (Phi) is 4.07. The number of hydrogen-bond donors (Lipinski definition) is 1. The molecule has 1 unspecified atom stereocenters. The molecule has 1 fully saturated rings. The fraction of sp³-hybridized carbons (Fsp3) is 0.316. The Morgan fingerprint density at radius 1 is 1.20 bits per heavy atom. The van der Waals surface area contributed by atoms with Crippen molar-refractivity contribution in [3.8, 4) is 11.5 Å². The fourth-order valence-electron chi connectivity index (χ4n) is 3.49. The van der Waals surface area contributed by atoms with Gasteiger partial charge in [-0.2, -0.15) is 0 Å².